The van der Waals surface area contributed by atoms with Crippen LogP contribution in [0.5, 0.6) is 0 Å². The third kappa shape index (κ3) is 1.88. The van der Waals surface area contributed by atoms with Crippen molar-refractivity contribution in [3.63, 3.8) is 0 Å². The van der Waals surface area contributed by atoms with E-state index < -0.39 is 11.4 Å². The molecule has 0 heterocycles. The molecule has 102 valence electrons. The maximum Gasteiger partial charge on any atom is 0.317 e. The fraction of sp³-hybridized carbons (Fsp3) is 0.500. The number of carbonyl (C=O) groups excluding carboxylic acids is 1. The van der Waals surface area contributed by atoms with E-state index in [2.05, 4.69) is 6.07 Å². The van der Waals surface area contributed by atoms with Crippen molar-refractivity contribution in [2.75, 3.05) is 0 Å². The van der Waals surface area contributed by atoms with Crippen LogP contribution in [0.1, 0.15) is 51.9 Å². The lowest BCUT2D eigenvalue weighted by Crippen LogP contribution is -2.45. The van der Waals surface area contributed by atoms with Crippen molar-refractivity contribution >= 4 is 11.8 Å². The number of aliphatic carboxylic acids is 1. The maximum atomic E-state index is 12.8. The number of aryl methyl sites for hydroxylation is 2. The number of carbonyl (C=O) groups is 2. The Morgan fingerprint density at radius 1 is 1.05 bits per heavy atom. The smallest absolute Gasteiger partial charge is 0.317 e. The van der Waals surface area contributed by atoms with Gasteiger partial charge in [-0.2, -0.15) is 0 Å². The normalized spacial score (nSPS) is 16.8. The number of hydrogen-bond donors (Lipinski definition) is 1. The monoisotopic (exact) mass is 260 g/mol. The van der Waals surface area contributed by atoms with Crippen molar-refractivity contribution < 1.29 is 14.7 Å². The second-order valence-electron chi connectivity index (χ2n) is 5.71. The minimum absolute atomic E-state index is 0.201. The number of ketones is 1. The van der Waals surface area contributed by atoms with Crippen molar-refractivity contribution in [2.45, 2.75) is 47.0 Å². The van der Waals surface area contributed by atoms with E-state index in [9.17, 15) is 14.7 Å². The van der Waals surface area contributed by atoms with Crippen molar-refractivity contribution in [2.24, 2.45) is 5.41 Å². The minimum Gasteiger partial charge on any atom is -0.480 e. The van der Waals surface area contributed by atoms with Gasteiger partial charge >= 0.3 is 5.97 Å². The maximum absolute atomic E-state index is 12.8. The molecule has 0 bridgehead atoms. The van der Waals surface area contributed by atoms with Gasteiger partial charge in [-0.3, -0.25) is 9.59 Å². The van der Waals surface area contributed by atoms with Crippen LogP contribution in [-0.2, 0) is 4.79 Å². The highest BCUT2D eigenvalue weighted by Crippen LogP contribution is 2.45. The molecule has 19 heavy (non-hydrogen) atoms. The number of benzene rings is 1. The Morgan fingerprint density at radius 3 is 1.84 bits per heavy atom. The van der Waals surface area contributed by atoms with Crippen LogP contribution in [0.15, 0.2) is 6.07 Å². The number of carboxylic acid groups (broad SMARTS) is 1. The Kier molecular flexibility index (Phi) is 3.25. The quantitative estimate of drug-likeness (QED) is 0.669. The molecule has 3 heteroatoms. The molecule has 1 N–H and O–H groups in total. The number of Topliss-reactive ketones (excluding diaryl/α,β-unsaturated/α-hetero) is 1. The van der Waals surface area contributed by atoms with Gasteiger partial charge in [-0.15, -0.1) is 0 Å². The average molecular weight is 260 g/mol. The van der Waals surface area contributed by atoms with Crippen LogP contribution >= 0.6 is 0 Å². The summed E-state index contributed by atoms with van der Waals surface area (Å²) in [6.45, 7) is 7.74. The summed E-state index contributed by atoms with van der Waals surface area (Å²) in [6.07, 6.45) is 1.75. The second kappa shape index (κ2) is 4.48. The Bertz CT molecular complexity index is 540. The second-order valence-corrected chi connectivity index (χ2v) is 5.71. The van der Waals surface area contributed by atoms with E-state index in [0.29, 0.717) is 18.4 Å². The average Bonchev–Trinajstić information content (AvgIpc) is 2.24. The van der Waals surface area contributed by atoms with Crippen LogP contribution in [0.2, 0.25) is 0 Å². The van der Waals surface area contributed by atoms with Gasteiger partial charge in [-0.05, 0) is 62.8 Å². The summed E-state index contributed by atoms with van der Waals surface area (Å²) in [5, 5.41) is 9.42. The molecule has 1 aliphatic carbocycles. The van der Waals surface area contributed by atoms with Crippen LogP contribution in [0, 0.1) is 33.1 Å². The van der Waals surface area contributed by atoms with E-state index in [4.69, 9.17) is 0 Å². The van der Waals surface area contributed by atoms with E-state index in [0.717, 1.165) is 28.7 Å². The molecule has 0 atom stereocenters. The van der Waals surface area contributed by atoms with Crippen LogP contribution in [0.4, 0.5) is 0 Å². The Morgan fingerprint density at radius 2 is 1.53 bits per heavy atom. The topological polar surface area (TPSA) is 54.4 Å². The number of carboxylic acids is 1. The molecule has 1 fully saturated rings. The molecular weight excluding hydrogens is 240 g/mol. The molecule has 0 aromatic heterocycles. The molecule has 0 saturated heterocycles. The van der Waals surface area contributed by atoms with Gasteiger partial charge in [0.1, 0.15) is 5.41 Å². The summed E-state index contributed by atoms with van der Waals surface area (Å²) in [7, 11) is 0. The highest BCUT2D eigenvalue weighted by atomic mass is 16.4. The van der Waals surface area contributed by atoms with Crippen LogP contribution in [0.25, 0.3) is 0 Å². The van der Waals surface area contributed by atoms with Gasteiger partial charge in [-0.25, -0.2) is 0 Å². The summed E-state index contributed by atoms with van der Waals surface area (Å²) in [4.78, 5) is 24.2. The first-order chi connectivity index (χ1) is 8.81. The largest absolute Gasteiger partial charge is 0.480 e. The molecule has 1 aromatic rings. The van der Waals surface area contributed by atoms with Gasteiger partial charge < -0.3 is 5.11 Å². The summed E-state index contributed by atoms with van der Waals surface area (Å²) in [5.41, 5.74) is 3.38. The highest BCUT2D eigenvalue weighted by molar-refractivity contribution is 6.14. The molecule has 2 rings (SSSR count). The lowest BCUT2D eigenvalue weighted by molar-refractivity contribution is -0.150. The van der Waals surface area contributed by atoms with E-state index in [1.54, 1.807) is 0 Å². The van der Waals surface area contributed by atoms with E-state index >= 15 is 0 Å². The van der Waals surface area contributed by atoms with Gasteiger partial charge in [-0.1, -0.05) is 12.5 Å². The fourth-order valence-corrected chi connectivity index (χ4v) is 2.87. The zero-order valence-electron chi connectivity index (χ0n) is 12.0. The predicted octanol–water partition coefficient (Wildman–Crippen LogP) is 3.36. The number of rotatable bonds is 3. The summed E-state index contributed by atoms with van der Waals surface area (Å²) in [5.74, 6) is -1.17. The summed E-state index contributed by atoms with van der Waals surface area (Å²) < 4.78 is 0. The molecule has 0 aliphatic heterocycles. The molecular formula is C16H20O3. The highest BCUT2D eigenvalue weighted by Gasteiger charge is 2.51. The lowest BCUT2D eigenvalue weighted by Gasteiger charge is -2.37. The van der Waals surface area contributed by atoms with Crippen LogP contribution in [-0.4, -0.2) is 16.9 Å². The third-order valence-corrected chi connectivity index (χ3v) is 4.64. The van der Waals surface area contributed by atoms with Crippen molar-refractivity contribution in [3.05, 3.63) is 33.9 Å². The van der Waals surface area contributed by atoms with Gasteiger partial charge in [0.2, 0.25) is 0 Å². The minimum atomic E-state index is -1.17. The van der Waals surface area contributed by atoms with Gasteiger partial charge in [0.15, 0.2) is 5.78 Å². The van der Waals surface area contributed by atoms with Crippen molar-refractivity contribution in [3.8, 4) is 0 Å². The number of hydrogen-bond acceptors (Lipinski definition) is 2. The first-order valence-corrected chi connectivity index (χ1v) is 6.67. The van der Waals surface area contributed by atoms with Gasteiger partial charge in [0.05, 0.1) is 0 Å². The van der Waals surface area contributed by atoms with Crippen LogP contribution < -0.4 is 0 Å². The molecule has 0 amide bonds. The Balaban J connectivity index is 2.59. The predicted molar refractivity (Wildman–Crippen MR) is 73.6 cm³/mol. The molecule has 3 nitrogen and oxygen atoms in total. The van der Waals surface area contributed by atoms with Gasteiger partial charge in [0, 0.05) is 5.56 Å². The van der Waals surface area contributed by atoms with E-state index in [1.807, 2.05) is 27.7 Å². The zero-order valence-corrected chi connectivity index (χ0v) is 12.0. The summed E-state index contributed by atoms with van der Waals surface area (Å²) in [6, 6.07) is 2.05. The molecule has 1 aromatic carbocycles. The fourth-order valence-electron chi connectivity index (χ4n) is 2.87. The Hall–Kier alpha value is -1.64. The third-order valence-electron chi connectivity index (χ3n) is 4.64. The molecule has 0 spiro atoms. The van der Waals surface area contributed by atoms with Crippen molar-refractivity contribution in [1.29, 1.82) is 0 Å². The SMILES string of the molecule is Cc1cc(C)c(C)c(C(=O)C2(C(=O)O)CCC2)c1C. The molecule has 1 aliphatic rings. The molecule has 1 saturated carbocycles. The van der Waals surface area contributed by atoms with E-state index in [-0.39, 0.29) is 5.78 Å². The first-order valence-electron chi connectivity index (χ1n) is 6.67. The Labute approximate surface area is 113 Å². The standard InChI is InChI=1S/C16H20O3/c1-9-8-10(2)12(4)13(11(9)3)14(17)16(15(18)19)6-5-7-16/h8H,5-7H2,1-4H3,(H,18,19). The van der Waals surface area contributed by atoms with Crippen molar-refractivity contribution in [1.82, 2.24) is 0 Å². The lowest BCUT2D eigenvalue weighted by atomic mass is 9.63. The zero-order chi connectivity index (χ0) is 14.4. The molecule has 0 unspecified atom stereocenters. The molecule has 0 radical (unpaired) electrons. The summed E-state index contributed by atoms with van der Waals surface area (Å²) >= 11 is 0. The van der Waals surface area contributed by atoms with Gasteiger partial charge in [0.25, 0.3) is 0 Å². The first kappa shape index (κ1) is 13.8. The van der Waals surface area contributed by atoms with Crippen LogP contribution in [0.3, 0.4) is 0 Å². The van der Waals surface area contributed by atoms with E-state index in [1.165, 1.54) is 0 Å².